The maximum atomic E-state index is 9.16. The van der Waals surface area contributed by atoms with Crippen LogP contribution in [0.5, 0.6) is 0 Å². The second-order valence-electron chi connectivity index (χ2n) is 4.21. The van der Waals surface area contributed by atoms with Gasteiger partial charge in [0.15, 0.2) is 0 Å². The van der Waals surface area contributed by atoms with Crippen molar-refractivity contribution in [2.75, 3.05) is 0 Å². The van der Waals surface area contributed by atoms with E-state index in [0.717, 1.165) is 17.0 Å². The summed E-state index contributed by atoms with van der Waals surface area (Å²) < 4.78 is 1.80. The van der Waals surface area contributed by atoms with E-state index >= 15 is 0 Å². The van der Waals surface area contributed by atoms with Crippen LogP contribution in [0.1, 0.15) is 16.8 Å². The molecule has 0 fully saturated rings. The van der Waals surface area contributed by atoms with E-state index in [2.05, 4.69) is 18.0 Å². The Balaban J connectivity index is 2.60. The van der Waals surface area contributed by atoms with Gasteiger partial charge >= 0.3 is 0 Å². The lowest BCUT2D eigenvalue weighted by Crippen LogP contribution is -1.94. The van der Waals surface area contributed by atoms with Crippen LogP contribution >= 0.6 is 11.6 Å². The van der Waals surface area contributed by atoms with Crippen molar-refractivity contribution in [2.45, 2.75) is 20.5 Å². The molecule has 0 unspecified atom stereocenters. The van der Waals surface area contributed by atoms with E-state index in [1.165, 1.54) is 5.56 Å². The molecular formula is C13H15ClN2O. The second-order valence-corrected chi connectivity index (χ2v) is 4.57. The van der Waals surface area contributed by atoms with Gasteiger partial charge in [-0.25, -0.2) is 4.98 Å². The van der Waals surface area contributed by atoms with Gasteiger partial charge in [-0.2, -0.15) is 0 Å². The molecule has 0 bridgehead atoms. The number of hydrogen-bond donors (Lipinski definition) is 1. The van der Waals surface area contributed by atoms with Crippen LogP contribution in [-0.4, -0.2) is 14.7 Å². The Morgan fingerprint density at radius 3 is 2.59 bits per heavy atom. The fourth-order valence-corrected chi connectivity index (χ4v) is 2.12. The summed E-state index contributed by atoms with van der Waals surface area (Å²) in [5.41, 5.74) is 3.93. The fourth-order valence-electron chi connectivity index (χ4n) is 1.94. The number of benzene rings is 1. The number of nitrogens with zero attached hydrogens (tertiary/aromatic N) is 2. The maximum absolute atomic E-state index is 9.16. The lowest BCUT2D eigenvalue weighted by Gasteiger charge is -2.06. The molecular weight excluding hydrogens is 236 g/mol. The van der Waals surface area contributed by atoms with Crippen molar-refractivity contribution in [2.24, 2.45) is 7.05 Å². The zero-order chi connectivity index (χ0) is 12.6. The molecule has 17 heavy (non-hydrogen) atoms. The molecule has 3 nitrogen and oxygen atoms in total. The van der Waals surface area contributed by atoms with E-state index in [1.54, 1.807) is 4.57 Å². The van der Waals surface area contributed by atoms with Gasteiger partial charge in [0.25, 0.3) is 0 Å². The van der Waals surface area contributed by atoms with E-state index in [1.807, 2.05) is 26.1 Å². The second kappa shape index (κ2) is 4.51. The summed E-state index contributed by atoms with van der Waals surface area (Å²) in [5, 5.41) is 9.64. The third kappa shape index (κ3) is 2.08. The minimum absolute atomic E-state index is 0.141. The highest BCUT2D eigenvalue weighted by molar-refractivity contribution is 6.30. The van der Waals surface area contributed by atoms with Crippen molar-refractivity contribution >= 4 is 11.6 Å². The molecule has 90 valence electrons. The molecule has 1 N–H and O–H groups in total. The van der Waals surface area contributed by atoms with Crippen LogP contribution < -0.4 is 0 Å². The average molecular weight is 251 g/mol. The lowest BCUT2D eigenvalue weighted by atomic mass is 10.1. The molecule has 4 heteroatoms. The zero-order valence-corrected chi connectivity index (χ0v) is 10.9. The van der Waals surface area contributed by atoms with Crippen molar-refractivity contribution in [3.63, 3.8) is 0 Å². The summed E-state index contributed by atoms with van der Waals surface area (Å²) in [6.45, 7) is 3.96. The van der Waals surface area contributed by atoms with Crippen LogP contribution in [0.3, 0.4) is 0 Å². The van der Waals surface area contributed by atoms with Crippen molar-refractivity contribution < 1.29 is 5.11 Å². The molecule has 0 saturated heterocycles. The van der Waals surface area contributed by atoms with Crippen molar-refractivity contribution in [3.8, 4) is 11.4 Å². The maximum Gasteiger partial charge on any atom is 0.141 e. The third-order valence-corrected chi connectivity index (χ3v) is 3.34. The summed E-state index contributed by atoms with van der Waals surface area (Å²) in [7, 11) is 1.85. The first-order chi connectivity index (χ1) is 8.04. The average Bonchev–Trinajstić information content (AvgIpc) is 2.57. The summed E-state index contributed by atoms with van der Waals surface area (Å²) in [6, 6.07) is 6.19. The highest BCUT2D eigenvalue weighted by Gasteiger charge is 2.14. The first-order valence-electron chi connectivity index (χ1n) is 5.44. The quantitative estimate of drug-likeness (QED) is 0.890. The van der Waals surface area contributed by atoms with Crippen LogP contribution in [0.25, 0.3) is 11.4 Å². The molecule has 0 aliphatic heterocycles. The van der Waals surface area contributed by atoms with Gasteiger partial charge in [0.1, 0.15) is 16.7 Å². The molecule has 1 aromatic carbocycles. The van der Waals surface area contributed by atoms with Gasteiger partial charge in [0.05, 0.1) is 6.61 Å². The minimum atomic E-state index is -0.141. The van der Waals surface area contributed by atoms with E-state index in [0.29, 0.717) is 10.8 Å². The Morgan fingerprint density at radius 1 is 1.35 bits per heavy atom. The Kier molecular flexibility index (Phi) is 3.22. The normalized spacial score (nSPS) is 10.9. The van der Waals surface area contributed by atoms with Crippen LogP contribution in [0.15, 0.2) is 18.2 Å². The zero-order valence-electron chi connectivity index (χ0n) is 10.2. The highest BCUT2D eigenvalue weighted by Crippen LogP contribution is 2.27. The fraction of sp³-hybridized carbons (Fsp3) is 0.308. The number of aliphatic hydroxyl groups excluding tert-OH is 1. The Hall–Kier alpha value is -1.32. The van der Waals surface area contributed by atoms with Gasteiger partial charge in [-0.1, -0.05) is 35.4 Å². The summed E-state index contributed by atoms with van der Waals surface area (Å²) in [6.07, 6.45) is 0. The van der Waals surface area contributed by atoms with Gasteiger partial charge in [0.2, 0.25) is 0 Å². The SMILES string of the molecule is Cc1ccc(-c2nc(CO)c(Cl)n2C)c(C)c1. The van der Waals surface area contributed by atoms with Crippen molar-refractivity contribution in [3.05, 3.63) is 40.2 Å². The number of aromatic nitrogens is 2. The topological polar surface area (TPSA) is 38.1 Å². The summed E-state index contributed by atoms with van der Waals surface area (Å²) >= 11 is 6.09. The van der Waals surface area contributed by atoms with Gasteiger partial charge in [-0.15, -0.1) is 0 Å². The van der Waals surface area contributed by atoms with Crippen LogP contribution in [0, 0.1) is 13.8 Å². The lowest BCUT2D eigenvalue weighted by molar-refractivity contribution is 0.277. The molecule has 0 aliphatic carbocycles. The number of aliphatic hydroxyl groups is 1. The van der Waals surface area contributed by atoms with Gasteiger partial charge in [-0.3, -0.25) is 0 Å². The highest BCUT2D eigenvalue weighted by atomic mass is 35.5. The van der Waals surface area contributed by atoms with E-state index in [9.17, 15) is 0 Å². The van der Waals surface area contributed by atoms with Gasteiger partial charge in [0, 0.05) is 12.6 Å². The number of hydrogen-bond acceptors (Lipinski definition) is 2. The van der Waals surface area contributed by atoms with Crippen molar-refractivity contribution in [1.82, 2.24) is 9.55 Å². The van der Waals surface area contributed by atoms with E-state index in [-0.39, 0.29) is 6.61 Å². The molecule has 1 heterocycles. The number of halogens is 1. The summed E-state index contributed by atoms with van der Waals surface area (Å²) in [5.74, 6) is 0.788. The molecule has 0 radical (unpaired) electrons. The molecule has 0 amide bonds. The predicted molar refractivity (Wildman–Crippen MR) is 69.1 cm³/mol. The molecule has 0 aliphatic rings. The van der Waals surface area contributed by atoms with Crippen LogP contribution in [0.2, 0.25) is 5.15 Å². The molecule has 1 aromatic heterocycles. The van der Waals surface area contributed by atoms with Gasteiger partial charge in [-0.05, 0) is 19.4 Å². The Labute approximate surface area is 106 Å². The molecule has 0 atom stereocenters. The first-order valence-corrected chi connectivity index (χ1v) is 5.82. The standard InChI is InChI=1S/C13H15ClN2O/c1-8-4-5-10(9(2)6-8)13-15-11(7-17)12(14)16(13)3/h4-6,17H,7H2,1-3H3. The predicted octanol–water partition coefficient (Wildman–Crippen LogP) is 2.85. The molecule has 0 saturated carbocycles. The minimum Gasteiger partial charge on any atom is -0.390 e. The monoisotopic (exact) mass is 250 g/mol. The number of imidazole rings is 1. The first kappa shape index (κ1) is 12.1. The number of aryl methyl sites for hydroxylation is 2. The molecule has 2 aromatic rings. The Bertz CT molecular complexity index is 561. The Morgan fingerprint density at radius 2 is 2.06 bits per heavy atom. The third-order valence-electron chi connectivity index (χ3n) is 2.86. The molecule has 2 rings (SSSR count). The number of rotatable bonds is 2. The van der Waals surface area contributed by atoms with Crippen LogP contribution in [0.4, 0.5) is 0 Å². The van der Waals surface area contributed by atoms with E-state index < -0.39 is 0 Å². The largest absolute Gasteiger partial charge is 0.390 e. The van der Waals surface area contributed by atoms with Crippen LogP contribution in [-0.2, 0) is 13.7 Å². The van der Waals surface area contributed by atoms with Crippen molar-refractivity contribution in [1.29, 1.82) is 0 Å². The molecule has 0 spiro atoms. The van der Waals surface area contributed by atoms with Gasteiger partial charge < -0.3 is 9.67 Å². The smallest absolute Gasteiger partial charge is 0.141 e. The van der Waals surface area contributed by atoms with E-state index in [4.69, 9.17) is 16.7 Å². The summed E-state index contributed by atoms with van der Waals surface area (Å²) in [4.78, 5) is 4.37.